The summed E-state index contributed by atoms with van der Waals surface area (Å²) < 4.78 is 14.0. The molecule has 2 nitrogen and oxygen atoms in total. The summed E-state index contributed by atoms with van der Waals surface area (Å²) >= 11 is 3.17. The van der Waals surface area contributed by atoms with E-state index in [4.69, 9.17) is 5.73 Å². The molecule has 0 heterocycles. The van der Waals surface area contributed by atoms with Crippen molar-refractivity contribution in [1.29, 1.82) is 0 Å². The zero-order chi connectivity index (χ0) is 10.7. The van der Waals surface area contributed by atoms with E-state index in [9.17, 15) is 4.39 Å². The Morgan fingerprint density at radius 1 is 1.50 bits per heavy atom. The lowest BCUT2D eigenvalue weighted by atomic mass is 10.2. The first-order chi connectivity index (χ1) is 6.50. The maximum Gasteiger partial charge on any atom is 0.149 e. The van der Waals surface area contributed by atoms with E-state index in [1.54, 1.807) is 12.1 Å². The number of nitrogens with zero attached hydrogens (tertiary/aromatic N) is 1. The highest BCUT2D eigenvalue weighted by Gasteiger charge is 2.04. The molecule has 0 radical (unpaired) electrons. The van der Waals surface area contributed by atoms with Gasteiger partial charge in [-0.1, -0.05) is 29.8 Å². The van der Waals surface area contributed by atoms with Gasteiger partial charge in [0.05, 0.1) is 0 Å². The van der Waals surface area contributed by atoms with E-state index >= 15 is 0 Å². The number of aliphatic imine (C=N–C) groups is 1. The molecule has 0 spiro atoms. The number of hydrogen-bond acceptors (Lipinski definition) is 1. The lowest BCUT2D eigenvalue weighted by molar-refractivity contribution is 0.628. The van der Waals surface area contributed by atoms with Gasteiger partial charge in [-0.25, -0.2) is 9.38 Å². The number of nitrogens with two attached hydrogens (primary N) is 1. The monoisotopic (exact) mass is 258 g/mol. The zero-order valence-electron chi connectivity index (χ0n) is 8.09. The van der Waals surface area contributed by atoms with Gasteiger partial charge < -0.3 is 5.73 Å². The lowest BCUT2D eigenvalue weighted by Crippen LogP contribution is -2.18. The summed E-state index contributed by atoms with van der Waals surface area (Å²) in [4.78, 5) is 4.00. The molecule has 0 atom stereocenters. The maximum atomic E-state index is 13.3. The first-order valence-electron chi connectivity index (χ1n) is 4.30. The van der Waals surface area contributed by atoms with Crippen molar-refractivity contribution in [3.05, 3.63) is 28.5 Å². The van der Waals surface area contributed by atoms with Crippen molar-refractivity contribution in [2.75, 3.05) is 0 Å². The third-order valence-corrected chi connectivity index (χ3v) is 2.24. The van der Waals surface area contributed by atoms with Crippen LogP contribution in [0.5, 0.6) is 0 Å². The molecule has 4 heteroatoms. The van der Waals surface area contributed by atoms with Crippen LogP contribution >= 0.6 is 15.9 Å². The molecule has 1 aromatic carbocycles. The summed E-state index contributed by atoms with van der Waals surface area (Å²) in [5.41, 5.74) is 5.90. The molecule has 76 valence electrons. The van der Waals surface area contributed by atoms with Crippen LogP contribution in [-0.2, 0) is 0 Å². The van der Waals surface area contributed by atoms with E-state index in [2.05, 4.69) is 20.9 Å². The van der Waals surface area contributed by atoms with Gasteiger partial charge in [-0.15, -0.1) is 0 Å². The molecule has 0 aliphatic carbocycles. The van der Waals surface area contributed by atoms with Crippen molar-refractivity contribution >= 4 is 27.5 Å². The Morgan fingerprint density at radius 3 is 2.64 bits per heavy atom. The van der Waals surface area contributed by atoms with Crippen LogP contribution in [0.1, 0.15) is 13.8 Å². The molecular formula is C10H12BrFN2. The van der Waals surface area contributed by atoms with Crippen molar-refractivity contribution in [2.24, 2.45) is 16.6 Å². The second kappa shape index (κ2) is 4.55. The topological polar surface area (TPSA) is 38.4 Å². The minimum Gasteiger partial charge on any atom is -0.387 e. The summed E-state index contributed by atoms with van der Waals surface area (Å²) in [5.74, 6) is 0.187. The van der Waals surface area contributed by atoms with Crippen molar-refractivity contribution in [3.8, 4) is 0 Å². The fourth-order valence-corrected chi connectivity index (χ4v) is 1.17. The Morgan fingerprint density at radius 2 is 2.14 bits per heavy atom. The predicted molar refractivity (Wildman–Crippen MR) is 60.2 cm³/mol. The molecule has 0 saturated heterocycles. The molecule has 0 fully saturated rings. The number of rotatable bonds is 2. The maximum absolute atomic E-state index is 13.3. The number of hydrogen-bond donors (Lipinski definition) is 1. The fraction of sp³-hybridized carbons (Fsp3) is 0.300. The highest BCUT2D eigenvalue weighted by atomic mass is 79.9. The van der Waals surface area contributed by atoms with Gasteiger partial charge in [0, 0.05) is 10.4 Å². The zero-order valence-corrected chi connectivity index (χ0v) is 9.68. The second-order valence-electron chi connectivity index (χ2n) is 3.29. The van der Waals surface area contributed by atoms with E-state index in [0.717, 1.165) is 0 Å². The van der Waals surface area contributed by atoms with Crippen molar-refractivity contribution < 1.29 is 4.39 Å². The molecule has 0 aliphatic heterocycles. The smallest absolute Gasteiger partial charge is 0.149 e. The van der Waals surface area contributed by atoms with Crippen LogP contribution in [-0.4, -0.2) is 5.84 Å². The molecule has 0 aromatic heterocycles. The molecule has 0 saturated carbocycles. The van der Waals surface area contributed by atoms with Gasteiger partial charge in [-0.3, -0.25) is 0 Å². The fourth-order valence-electron chi connectivity index (χ4n) is 0.840. The highest BCUT2D eigenvalue weighted by molar-refractivity contribution is 9.10. The lowest BCUT2D eigenvalue weighted by Gasteiger charge is -2.04. The van der Waals surface area contributed by atoms with Crippen LogP contribution in [0.2, 0.25) is 0 Å². The Bertz CT molecular complexity index is 361. The Hall–Kier alpha value is -0.900. The van der Waals surface area contributed by atoms with E-state index in [1.165, 1.54) is 6.07 Å². The van der Waals surface area contributed by atoms with E-state index in [0.29, 0.717) is 10.3 Å². The first kappa shape index (κ1) is 11.2. The van der Waals surface area contributed by atoms with Crippen molar-refractivity contribution in [2.45, 2.75) is 13.8 Å². The summed E-state index contributed by atoms with van der Waals surface area (Å²) in [6, 6.07) is 4.69. The van der Waals surface area contributed by atoms with E-state index < -0.39 is 0 Å². The minimum absolute atomic E-state index is 0.123. The number of benzene rings is 1. The SMILES string of the molecule is CC(C)C(N)=Nc1ccc(Br)cc1F. The van der Waals surface area contributed by atoms with Crippen LogP contribution < -0.4 is 5.73 Å². The Balaban J connectivity index is 3.03. The van der Waals surface area contributed by atoms with Gasteiger partial charge in [-0.05, 0) is 18.2 Å². The van der Waals surface area contributed by atoms with E-state index in [1.807, 2.05) is 13.8 Å². The van der Waals surface area contributed by atoms with E-state index in [-0.39, 0.29) is 17.4 Å². The van der Waals surface area contributed by atoms with Crippen molar-refractivity contribution in [3.63, 3.8) is 0 Å². The molecule has 0 aliphatic rings. The summed E-state index contributed by atoms with van der Waals surface area (Å²) in [6.45, 7) is 3.82. The van der Waals surface area contributed by atoms with Gasteiger partial charge in [0.25, 0.3) is 0 Å². The van der Waals surface area contributed by atoms with Gasteiger partial charge in [-0.2, -0.15) is 0 Å². The molecule has 0 bridgehead atoms. The van der Waals surface area contributed by atoms with Crippen LogP contribution in [0.4, 0.5) is 10.1 Å². The van der Waals surface area contributed by atoms with Crippen LogP contribution in [0, 0.1) is 11.7 Å². The first-order valence-corrected chi connectivity index (χ1v) is 5.09. The second-order valence-corrected chi connectivity index (χ2v) is 4.20. The highest BCUT2D eigenvalue weighted by Crippen LogP contribution is 2.22. The standard InChI is InChI=1S/C10H12BrFN2/c1-6(2)10(13)14-9-4-3-7(11)5-8(9)12/h3-6H,1-2H3,(H2,13,14). The molecular weight excluding hydrogens is 247 g/mol. The summed E-state index contributed by atoms with van der Waals surface area (Å²) in [6.07, 6.45) is 0. The molecule has 1 aromatic rings. The molecule has 1 rings (SSSR count). The normalized spacial score (nSPS) is 12.2. The number of amidine groups is 1. The third-order valence-electron chi connectivity index (χ3n) is 1.75. The van der Waals surface area contributed by atoms with Gasteiger partial charge in [0.15, 0.2) is 0 Å². The average Bonchev–Trinajstić information content (AvgIpc) is 2.09. The molecule has 0 unspecified atom stereocenters. The summed E-state index contributed by atoms with van der Waals surface area (Å²) in [5, 5.41) is 0. The van der Waals surface area contributed by atoms with Crippen LogP contribution in [0.3, 0.4) is 0 Å². The van der Waals surface area contributed by atoms with Gasteiger partial charge in [0.2, 0.25) is 0 Å². The van der Waals surface area contributed by atoms with Crippen molar-refractivity contribution in [1.82, 2.24) is 0 Å². The molecule has 2 N–H and O–H groups in total. The molecule has 14 heavy (non-hydrogen) atoms. The summed E-state index contributed by atoms with van der Waals surface area (Å²) in [7, 11) is 0. The van der Waals surface area contributed by atoms with Crippen LogP contribution in [0.15, 0.2) is 27.7 Å². The quantitative estimate of drug-likeness (QED) is 0.642. The number of halogens is 2. The van der Waals surface area contributed by atoms with Gasteiger partial charge in [0.1, 0.15) is 17.3 Å². The third kappa shape index (κ3) is 2.80. The Kier molecular flexibility index (Phi) is 3.63. The van der Waals surface area contributed by atoms with Crippen LogP contribution in [0.25, 0.3) is 0 Å². The molecule has 0 amide bonds. The average molecular weight is 259 g/mol. The predicted octanol–water partition coefficient (Wildman–Crippen LogP) is 3.23. The Labute approximate surface area is 91.2 Å². The van der Waals surface area contributed by atoms with Gasteiger partial charge >= 0.3 is 0 Å². The minimum atomic E-state index is -0.372. The largest absolute Gasteiger partial charge is 0.387 e.